The highest BCUT2D eigenvalue weighted by Crippen LogP contribution is 2.02. The summed E-state index contributed by atoms with van der Waals surface area (Å²) in [6.45, 7) is 4.49. The Kier molecular flexibility index (Phi) is 6.37. The van der Waals surface area contributed by atoms with Crippen molar-refractivity contribution in [3.63, 3.8) is 0 Å². The van der Waals surface area contributed by atoms with E-state index in [0.29, 0.717) is 26.2 Å². The fraction of sp³-hybridized carbons (Fsp3) is 0.909. The summed E-state index contributed by atoms with van der Waals surface area (Å²) in [5.74, 6) is 0.223. The minimum Gasteiger partial charge on any atom is -0.395 e. The van der Waals surface area contributed by atoms with Crippen molar-refractivity contribution < 1.29 is 14.6 Å². The molecule has 16 heavy (non-hydrogen) atoms. The molecule has 1 saturated heterocycles. The zero-order valence-corrected chi connectivity index (χ0v) is 10.0. The monoisotopic (exact) mass is 230 g/mol. The zero-order valence-electron chi connectivity index (χ0n) is 10.0. The lowest BCUT2D eigenvalue weighted by Gasteiger charge is -2.27. The standard InChI is InChI=1S/C11H22N2O3/c1-12(5-8-14)4-2-3-11(15)13-6-9-16-10-7-13/h14H,2-10H2,1H3. The first-order valence-electron chi connectivity index (χ1n) is 5.89. The van der Waals surface area contributed by atoms with E-state index in [1.54, 1.807) is 0 Å². The molecular weight excluding hydrogens is 208 g/mol. The van der Waals surface area contributed by atoms with E-state index in [0.717, 1.165) is 26.1 Å². The fourth-order valence-corrected chi connectivity index (χ4v) is 1.75. The molecule has 1 fully saturated rings. The van der Waals surface area contributed by atoms with Crippen molar-refractivity contribution in [3.05, 3.63) is 0 Å². The van der Waals surface area contributed by atoms with Gasteiger partial charge in [0.2, 0.25) is 5.91 Å². The number of nitrogens with zero attached hydrogens (tertiary/aromatic N) is 2. The molecule has 0 unspecified atom stereocenters. The summed E-state index contributed by atoms with van der Waals surface area (Å²) in [5, 5.41) is 8.72. The number of carbonyl (C=O) groups excluding carboxylic acids is 1. The van der Waals surface area contributed by atoms with Gasteiger partial charge >= 0.3 is 0 Å². The molecule has 1 N–H and O–H groups in total. The van der Waals surface area contributed by atoms with Crippen LogP contribution in [0.15, 0.2) is 0 Å². The first kappa shape index (κ1) is 13.4. The smallest absolute Gasteiger partial charge is 0.222 e. The van der Waals surface area contributed by atoms with Gasteiger partial charge in [-0.15, -0.1) is 0 Å². The number of aliphatic hydroxyl groups excluding tert-OH is 1. The van der Waals surface area contributed by atoms with Gasteiger partial charge in [0.25, 0.3) is 0 Å². The lowest BCUT2D eigenvalue weighted by Crippen LogP contribution is -2.40. The summed E-state index contributed by atoms with van der Waals surface area (Å²) in [6, 6.07) is 0. The van der Waals surface area contributed by atoms with Crippen LogP contribution >= 0.6 is 0 Å². The molecule has 1 aliphatic rings. The molecule has 1 aliphatic heterocycles. The third-order valence-electron chi connectivity index (χ3n) is 2.78. The molecular formula is C11H22N2O3. The molecule has 5 nitrogen and oxygen atoms in total. The molecule has 0 aromatic heterocycles. The number of ether oxygens (including phenoxy) is 1. The Balaban J connectivity index is 2.09. The summed E-state index contributed by atoms with van der Waals surface area (Å²) in [5.41, 5.74) is 0. The highest BCUT2D eigenvalue weighted by molar-refractivity contribution is 5.76. The molecule has 0 saturated carbocycles. The largest absolute Gasteiger partial charge is 0.395 e. The Hall–Kier alpha value is -0.650. The average Bonchev–Trinajstić information content (AvgIpc) is 2.30. The molecule has 1 rings (SSSR count). The van der Waals surface area contributed by atoms with E-state index >= 15 is 0 Å². The third kappa shape index (κ3) is 4.92. The number of likely N-dealkylation sites (N-methyl/N-ethyl adjacent to an activating group) is 1. The van der Waals surface area contributed by atoms with E-state index in [-0.39, 0.29) is 12.5 Å². The van der Waals surface area contributed by atoms with Crippen molar-refractivity contribution >= 4 is 5.91 Å². The number of rotatable bonds is 6. The predicted molar refractivity (Wildman–Crippen MR) is 61.2 cm³/mol. The lowest BCUT2D eigenvalue weighted by molar-refractivity contribution is -0.135. The Morgan fingerprint density at radius 1 is 1.38 bits per heavy atom. The lowest BCUT2D eigenvalue weighted by atomic mass is 10.2. The van der Waals surface area contributed by atoms with E-state index < -0.39 is 0 Å². The molecule has 5 heteroatoms. The second-order valence-electron chi connectivity index (χ2n) is 4.12. The molecule has 0 radical (unpaired) electrons. The fourth-order valence-electron chi connectivity index (χ4n) is 1.75. The van der Waals surface area contributed by atoms with Crippen LogP contribution in [0, 0.1) is 0 Å². The molecule has 1 heterocycles. The van der Waals surface area contributed by atoms with Gasteiger partial charge in [-0.25, -0.2) is 0 Å². The Bertz CT molecular complexity index is 205. The van der Waals surface area contributed by atoms with E-state index in [2.05, 4.69) is 0 Å². The Morgan fingerprint density at radius 3 is 2.69 bits per heavy atom. The summed E-state index contributed by atoms with van der Waals surface area (Å²) in [6.07, 6.45) is 1.45. The number of carbonyl (C=O) groups is 1. The average molecular weight is 230 g/mol. The van der Waals surface area contributed by atoms with Crippen LogP contribution in [0.25, 0.3) is 0 Å². The molecule has 0 atom stereocenters. The van der Waals surface area contributed by atoms with Gasteiger partial charge in [-0.2, -0.15) is 0 Å². The van der Waals surface area contributed by atoms with Gasteiger partial charge in [0, 0.05) is 26.1 Å². The number of amides is 1. The molecule has 0 aromatic carbocycles. The van der Waals surface area contributed by atoms with Gasteiger partial charge in [-0.1, -0.05) is 0 Å². The van der Waals surface area contributed by atoms with Crippen molar-refractivity contribution in [1.82, 2.24) is 9.80 Å². The van der Waals surface area contributed by atoms with E-state index in [1.165, 1.54) is 0 Å². The first-order valence-corrected chi connectivity index (χ1v) is 5.89. The normalized spacial score (nSPS) is 16.8. The maximum Gasteiger partial charge on any atom is 0.222 e. The van der Waals surface area contributed by atoms with E-state index in [1.807, 2.05) is 16.8 Å². The van der Waals surface area contributed by atoms with Gasteiger partial charge in [-0.05, 0) is 20.0 Å². The summed E-state index contributed by atoms with van der Waals surface area (Å²) in [7, 11) is 1.95. The van der Waals surface area contributed by atoms with E-state index in [9.17, 15) is 4.79 Å². The second-order valence-corrected chi connectivity index (χ2v) is 4.12. The molecule has 0 spiro atoms. The molecule has 0 bridgehead atoms. The van der Waals surface area contributed by atoms with Gasteiger partial charge < -0.3 is 19.6 Å². The van der Waals surface area contributed by atoms with Crippen LogP contribution in [0.4, 0.5) is 0 Å². The maximum absolute atomic E-state index is 11.7. The number of hydrogen-bond acceptors (Lipinski definition) is 4. The van der Waals surface area contributed by atoms with Crippen molar-refractivity contribution in [2.75, 3.05) is 53.0 Å². The predicted octanol–water partition coefficient (Wildman–Crippen LogP) is -0.450. The van der Waals surface area contributed by atoms with Gasteiger partial charge in [-0.3, -0.25) is 4.79 Å². The van der Waals surface area contributed by atoms with Crippen molar-refractivity contribution in [3.8, 4) is 0 Å². The Morgan fingerprint density at radius 2 is 2.06 bits per heavy atom. The van der Waals surface area contributed by atoms with Gasteiger partial charge in [0.1, 0.15) is 0 Å². The Labute approximate surface area is 97.0 Å². The highest BCUT2D eigenvalue weighted by Gasteiger charge is 2.16. The minimum absolute atomic E-state index is 0.175. The summed E-state index contributed by atoms with van der Waals surface area (Å²) < 4.78 is 5.19. The second kappa shape index (κ2) is 7.60. The molecule has 0 aliphatic carbocycles. The number of morpholine rings is 1. The van der Waals surface area contributed by atoms with Gasteiger partial charge in [0.05, 0.1) is 19.8 Å². The summed E-state index contributed by atoms with van der Waals surface area (Å²) >= 11 is 0. The van der Waals surface area contributed by atoms with E-state index in [4.69, 9.17) is 9.84 Å². The molecule has 94 valence electrons. The van der Waals surface area contributed by atoms with Crippen LogP contribution in [0.1, 0.15) is 12.8 Å². The van der Waals surface area contributed by atoms with Crippen LogP contribution in [0.3, 0.4) is 0 Å². The summed E-state index contributed by atoms with van der Waals surface area (Å²) in [4.78, 5) is 15.6. The highest BCUT2D eigenvalue weighted by atomic mass is 16.5. The van der Waals surface area contributed by atoms with Crippen molar-refractivity contribution in [1.29, 1.82) is 0 Å². The minimum atomic E-state index is 0.175. The molecule has 1 amide bonds. The van der Waals surface area contributed by atoms with Crippen molar-refractivity contribution in [2.24, 2.45) is 0 Å². The third-order valence-corrected chi connectivity index (χ3v) is 2.78. The van der Waals surface area contributed by atoms with Crippen molar-refractivity contribution in [2.45, 2.75) is 12.8 Å². The first-order chi connectivity index (χ1) is 7.74. The number of aliphatic hydroxyl groups is 1. The number of hydrogen-bond donors (Lipinski definition) is 1. The van der Waals surface area contributed by atoms with Crippen LogP contribution in [0.2, 0.25) is 0 Å². The maximum atomic E-state index is 11.7. The van der Waals surface area contributed by atoms with Crippen LogP contribution in [-0.4, -0.2) is 73.9 Å². The van der Waals surface area contributed by atoms with Gasteiger partial charge in [0.15, 0.2) is 0 Å². The van der Waals surface area contributed by atoms with Crippen LogP contribution in [-0.2, 0) is 9.53 Å². The zero-order chi connectivity index (χ0) is 11.8. The SMILES string of the molecule is CN(CCO)CCCC(=O)N1CCOCC1. The topological polar surface area (TPSA) is 53.0 Å². The quantitative estimate of drug-likeness (QED) is 0.671. The van der Waals surface area contributed by atoms with Crippen LogP contribution < -0.4 is 0 Å². The molecule has 0 aromatic rings. The van der Waals surface area contributed by atoms with Crippen LogP contribution in [0.5, 0.6) is 0 Å².